The van der Waals surface area contributed by atoms with E-state index in [4.69, 9.17) is 4.74 Å². The van der Waals surface area contributed by atoms with Crippen LogP contribution in [0.15, 0.2) is 122 Å². The number of carbonyl (C=O) groups excluding carboxylic acids is 2. The lowest BCUT2D eigenvalue weighted by Gasteiger charge is -2.12. The van der Waals surface area contributed by atoms with Crippen LogP contribution < -0.4 is 10.6 Å². The zero-order valence-electron chi connectivity index (χ0n) is 24.0. The molecule has 43 heavy (non-hydrogen) atoms. The summed E-state index contributed by atoms with van der Waals surface area (Å²) >= 11 is 0. The van der Waals surface area contributed by atoms with Crippen LogP contribution >= 0.6 is 0 Å². The maximum atomic E-state index is 13.7. The molecule has 0 saturated heterocycles. The van der Waals surface area contributed by atoms with Crippen molar-refractivity contribution < 1.29 is 31.9 Å². The molecule has 0 aliphatic rings. The van der Waals surface area contributed by atoms with E-state index in [9.17, 15) is 27.2 Å². The largest absolute Gasteiger partial charge is 0.462 e. The van der Waals surface area contributed by atoms with Gasteiger partial charge in [0.25, 0.3) is 5.91 Å². The Hall–Kier alpha value is -4.92. The minimum Gasteiger partial charge on any atom is -0.462 e. The van der Waals surface area contributed by atoms with E-state index < -0.39 is 23.5 Å². The first-order valence-electron chi connectivity index (χ1n) is 13.4. The molecule has 0 fully saturated rings. The lowest BCUT2D eigenvalue weighted by atomic mass is 10.1. The van der Waals surface area contributed by atoms with Crippen molar-refractivity contribution in [1.82, 2.24) is 10.6 Å². The van der Waals surface area contributed by atoms with Gasteiger partial charge in [-0.15, -0.1) is 0 Å². The normalized spacial score (nSPS) is 11.3. The number of hydrogen-bond donors (Lipinski definition) is 2. The van der Waals surface area contributed by atoms with Crippen molar-refractivity contribution in [3.8, 4) is 0 Å². The van der Waals surface area contributed by atoms with Crippen LogP contribution in [0.25, 0.3) is 5.76 Å². The molecule has 5 nitrogen and oxygen atoms in total. The molecule has 0 saturated carbocycles. The maximum absolute atomic E-state index is 13.7. The van der Waals surface area contributed by atoms with Crippen LogP contribution in [0.5, 0.6) is 0 Å². The lowest BCUT2D eigenvalue weighted by Crippen LogP contribution is -2.23. The molecule has 0 aromatic heterocycles. The molecule has 0 heterocycles. The number of halogens is 4. The topological polar surface area (TPSA) is 67.4 Å². The summed E-state index contributed by atoms with van der Waals surface area (Å²) < 4.78 is 56.9. The molecule has 3 rings (SSSR count). The zero-order chi connectivity index (χ0) is 31.8. The highest BCUT2D eigenvalue weighted by Crippen LogP contribution is 2.31. The van der Waals surface area contributed by atoms with Crippen molar-refractivity contribution in [3.05, 3.63) is 150 Å². The van der Waals surface area contributed by atoms with Crippen molar-refractivity contribution in [2.75, 3.05) is 0 Å². The highest BCUT2D eigenvalue weighted by atomic mass is 19.4. The number of hydrogen-bond acceptors (Lipinski definition) is 3. The van der Waals surface area contributed by atoms with Gasteiger partial charge in [-0.2, -0.15) is 13.2 Å². The van der Waals surface area contributed by atoms with Gasteiger partial charge in [-0.3, -0.25) is 9.59 Å². The average molecular weight is 595 g/mol. The van der Waals surface area contributed by atoms with Crippen molar-refractivity contribution in [2.24, 2.45) is 0 Å². The van der Waals surface area contributed by atoms with Gasteiger partial charge in [-0.25, -0.2) is 4.39 Å². The predicted octanol–water partition coefficient (Wildman–Crippen LogP) is 8.34. The maximum Gasteiger partial charge on any atom is 0.416 e. The first-order chi connectivity index (χ1) is 20.5. The second kappa shape index (κ2) is 17.1. The Kier molecular flexibility index (Phi) is 13.7. The summed E-state index contributed by atoms with van der Waals surface area (Å²) in [6.07, 6.45) is 1.57. The second-order valence-electron chi connectivity index (χ2n) is 9.00. The van der Waals surface area contributed by atoms with Gasteiger partial charge in [-0.05, 0) is 36.8 Å². The molecule has 3 aromatic rings. The van der Waals surface area contributed by atoms with Crippen LogP contribution in [0, 0.1) is 5.82 Å². The molecular formula is C34H34F4N2O3. The minimum atomic E-state index is -4.38. The van der Waals surface area contributed by atoms with Crippen LogP contribution in [0.4, 0.5) is 17.6 Å². The quantitative estimate of drug-likeness (QED) is 0.133. The van der Waals surface area contributed by atoms with E-state index in [0.29, 0.717) is 23.6 Å². The summed E-state index contributed by atoms with van der Waals surface area (Å²) in [7, 11) is 0. The highest BCUT2D eigenvalue weighted by molar-refractivity contribution is 5.95. The minimum absolute atomic E-state index is 0.00264. The standard InChI is InChI=1S/C23H22FNO2.C11H12F3NO/c1-4-20(25-23(26)21-15-8-9-16-22(21)24)14-10-11-17(2)27-18(3)19-12-6-5-7-13-19;1-2-10(16)15-7-8-5-3-4-6-9(8)11(12,13)14/h4-10,12-16H,2-3,11H2,1H3,(H,25,26);3-6H,2,7H2,1H3,(H,15,16)/b14-10-,20-4+;. The van der Waals surface area contributed by atoms with Gasteiger partial charge in [-0.1, -0.05) is 92.9 Å². The summed E-state index contributed by atoms with van der Waals surface area (Å²) in [6.45, 7) is 11.1. The van der Waals surface area contributed by atoms with Gasteiger partial charge < -0.3 is 15.4 Å². The van der Waals surface area contributed by atoms with Crippen molar-refractivity contribution in [2.45, 2.75) is 39.4 Å². The number of rotatable bonds is 11. The molecule has 0 atom stereocenters. The van der Waals surface area contributed by atoms with E-state index in [1.54, 1.807) is 38.1 Å². The summed E-state index contributed by atoms with van der Waals surface area (Å²) in [5.74, 6) is -0.282. The lowest BCUT2D eigenvalue weighted by molar-refractivity contribution is -0.138. The number of allylic oxidation sites excluding steroid dienone is 3. The van der Waals surface area contributed by atoms with Gasteiger partial charge in [0, 0.05) is 30.6 Å². The molecule has 3 aromatic carbocycles. The highest BCUT2D eigenvalue weighted by Gasteiger charge is 2.32. The third-order valence-electron chi connectivity index (χ3n) is 5.81. The van der Waals surface area contributed by atoms with Gasteiger partial charge in [0.2, 0.25) is 5.91 Å². The predicted molar refractivity (Wildman–Crippen MR) is 161 cm³/mol. The van der Waals surface area contributed by atoms with Gasteiger partial charge >= 0.3 is 6.18 Å². The van der Waals surface area contributed by atoms with E-state index in [0.717, 1.165) is 11.6 Å². The van der Waals surface area contributed by atoms with Gasteiger partial charge in [0.05, 0.1) is 11.1 Å². The SMILES string of the molecule is C=C(C/C=C\C(=C/C)NC(=O)c1ccccc1F)OC(=C)c1ccccc1.CCC(=O)NCc1ccccc1C(F)(F)F. The molecule has 2 N–H and O–H groups in total. The average Bonchev–Trinajstić information content (AvgIpc) is 2.99. The molecule has 0 unspecified atom stereocenters. The molecule has 226 valence electrons. The van der Waals surface area contributed by atoms with Crippen LogP contribution in [-0.4, -0.2) is 11.8 Å². The van der Waals surface area contributed by atoms with Crippen molar-refractivity contribution in [1.29, 1.82) is 0 Å². The fourth-order valence-electron chi connectivity index (χ4n) is 3.54. The molecule has 2 amide bonds. The molecule has 0 spiro atoms. The fourth-order valence-corrected chi connectivity index (χ4v) is 3.54. The van der Waals surface area contributed by atoms with Crippen molar-refractivity contribution in [3.63, 3.8) is 0 Å². The molecule has 0 radical (unpaired) electrons. The number of carbonyl (C=O) groups is 2. The zero-order valence-corrected chi connectivity index (χ0v) is 24.0. The Balaban J connectivity index is 0.000000344. The Morgan fingerprint density at radius 1 is 0.930 bits per heavy atom. The Labute approximate surface area is 249 Å². The van der Waals surface area contributed by atoms with Crippen LogP contribution in [-0.2, 0) is 22.3 Å². The summed E-state index contributed by atoms with van der Waals surface area (Å²) in [6, 6.07) is 20.6. The van der Waals surface area contributed by atoms with Crippen molar-refractivity contribution >= 4 is 17.6 Å². The number of benzene rings is 3. The molecule has 0 bridgehead atoms. The van der Waals surface area contributed by atoms with E-state index in [1.165, 1.54) is 36.4 Å². The second-order valence-corrected chi connectivity index (χ2v) is 9.00. The van der Waals surface area contributed by atoms with Crippen LogP contribution in [0.1, 0.15) is 53.7 Å². The van der Waals surface area contributed by atoms with Gasteiger partial charge in [0.1, 0.15) is 17.3 Å². The number of amides is 2. The number of nitrogens with one attached hydrogen (secondary N) is 2. The number of alkyl halides is 3. The van der Waals surface area contributed by atoms with E-state index in [2.05, 4.69) is 23.8 Å². The first-order valence-corrected chi connectivity index (χ1v) is 13.4. The monoisotopic (exact) mass is 594 g/mol. The van der Waals surface area contributed by atoms with Crippen LogP contribution in [0.3, 0.4) is 0 Å². The fraction of sp³-hybridized carbons (Fsp3) is 0.176. The Morgan fingerprint density at radius 2 is 1.56 bits per heavy atom. The summed E-state index contributed by atoms with van der Waals surface area (Å²) in [5.41, 5.74) is 0.812. The van der Waals surface area contributed by atoms with Gasteiger partial charge in [0.15, 0.2) is 0 Å². The Bertz CT molecular complexity index is 1460. The third kappa shape index (κ3) is 11.8. The molecule has 0 aliphatic heterocycles. The summed E-state index contributed by atoms with van der Waals surface area (Å²) in [5, 5.41) is 5.09. The Morgan fingerprint density at radius 3 is 2.19 bits per heavy atom. The van der Waals surface area contributed by atoms with Crippen LogP contribution in [0.2, 0.25) is 0 Å². The first kappa shape index (κ1) is 34.3. The molecule has 0 aliphatic carbocycles. The summed E-state index contributed by atoms with van der Waals surface area (Å²) in [4.78, 5) is 23.1. The smallest absolute Gasteiger partial charge is 0.416 e. The van der Waals surface area contributed by atoms with E-state index in [1.807, 2.05) is 30.3 Å². The number of ether oxygens (including phenoxy) is 1. The third-order valence-corrected chi connectivity index (χ3v) is 5.81. The molecule has 9 heteroatoms. The molecular weight excluding hydrogens is 560 g/mol. The van der Waals surface area contributed by atoms with E-state index >= 15 is 0 Å². The van der Waals surface area contributed by atoms with E-state index in [-0.39, 0.29) is 30.0 Å².